The van der Waals surface area contributed by atoms with Crippen molar-refractivity contribution in [3.8, 4) is 0 Å². The van der Waals surface area contributed by atoms with Gasteiger partial charge in [-0.2, -0.15) is 16.8 Å². The average Bonchev–Trinajstić information content (AvgIpc) is 3.53. The van der Waals surface area contributed by atoms with Crippen LogP contribution in [0.5, 0.6) is 0 Å². The van der Waals surface area contributed by atoms with E-state index < -0.39 is 171 Å². The fourth-order valence-electron chi connectivity index (χ4n) is 9.09. The number of hydrogen-bond donors (Lipinski definition) is 11. The van der Waals surface area contributed by atoms with Crippen LogP contribution < -0.4 is 47.9 Å². The Morgan fingerprint density at radius 3 is 1.30 bits per heavy atom. The molecule has 26 nitrogen and oxygen atoms in total. The lowest BCUT2D eigenvalue weighted by atomic mass is 9.98. The maximum absolute atomic E-state index is 14.4. The summed E-state index contributed by atoms with van der Waals surface area (Å²) in [4.78, 5) is 141. The van der Waals surface area contributed by atoms with Gasteiger partial charge in [0.2, 0.25) is 53.2 Å². The number of esters is 1. The zero-order valence-corrected chi connectivity index (χ0v) is 52.5. The standard InChI is InChI=1S/C55H99N9O17S2/c1-32(2)20-18-16-14-13-15-17-19-21-38-28-47(67)58-39(22-23-45(65)56-30-82(75,76)77)49(68)59-40(24-33(3)4)50(69)61-42(26-35(7)8)53(72)64-48(37(11)12)54(73)62-43(29-46(66)57-31-83(78,79)80)52(71)60-41(25-34(5)6)51(70)63-44(27-36(9)10)55(74)81-38/h32-44,48H,13-31H2,1-12H3,(H,56,65)(H,57,66)(H,58,67)(H,59,68)(H,60,71)(H,61,69)(H,62,73)(H,63,70)(H,64,72)(H,75,76,77)(H,78,79,80)/t38?,39-,40?,41+,42+,43?,44?,48-/m0/s1. The van der Waals surface area contributed by atoms with E-state index in [1.165, 1.54) is 0 Å². The van der Waals surface area contributed by atoms with Crippen LogP contribution in [-0.4, -0.2) is 145 Å². The molecule has 83 heavy (non-hydrogen) atoms. The van der Waals surface area contributed by atoms with Crippen molar-refractivity contribution in [3.63, 3.8) is 0 Å². The minimum absolute atomic E-state index is 0.00259. The predicted molar refractivity (Wildman–Crippen MR) is 310 cm³/mol. The Morgan fingerprint density at radius 1 is 0.470 bits per heavy atom. The number of ether oxygens (including phenoxy) is 1. The molecule has 8 atom stereocenters. The molecule has 0 saturated carbocycles. The number of amides is 9. The van der Waals surface area contributed by atoms with Crippen LogP contribution in [0.3, 0.4) is 0 Å². The number of nitrogens with one attached hydrogen (secondary N) is 9. The van der Waals surface area contributed by atoms with Crippen molar-refractivity contribution < 1.29 is 78.6 Å². The Balaban J connectivity index is 4.15. The molecule has 4 unspecified atom stereocenters. The first-order chi connectivity index (χ1) is 38.5. The maximum Gasteiger partial charge on any atom is 0.328 e. The van der Waals surface area contributed by atoms with Gasteiger partial charge < -0.3 is 52.6 Å². The van der Waals surface area contributed by atoms with Crippen molar-refractivity contribution in [2.75, 3.05) is 11.8 Å². The largest absolute Gasteiger partial charge is 0.460 e. The summed E-state index contributed by atoms with van der Waals surface area (Å²) in [7, 11) is -9.40. The van der Waals surface area contributed by atoms with Gasteiger partial charge in [0, 0.05) is 6.42 Å². The molecule has 0 aromatic heterocycles. The first kappa shape index (κ1) is 75.5. The highest BCUT2D eigenvalue weighted by Gasteiger charge is 2.38. The summed E-state index contributed by atoms with van der Waals surface area (Å²) in [6.45, 7) is 21.5. The molecule has 0 radical (unpaired) electrons. The fraction of sp³-hybridized carbons (Fsp3) is 0.818. The highest BCUT2D eigenvalue weighted by molar-refractivity contribution is 7.86. The van der Waals surface area contributed by atoms with E-state index in [0.717, 1.165) is 38.5 Å². The molecule has 1 fully saturated rings. The molecule has 9 amide bonds. The molecule has 1 heterocycles. The highest BCUT2D eigenvalue weighted by Crippen LogP contribution is 2.19. The van der Waals surface area contributed by atoms with Crippen molar-refractivity contribution in [3.05, 3.63) is 0 Å². The van der Waals surface area contributed by atoms with Crippen molar-refractivity contribution in [1.82, 2.24) is 47.9 Å². The summed E-state index contributed by atoms with van der Waals surface area (Å²) in [5, 5.41) is 22.2. The number of hydrogen-bond acceptors (Lipinski definition) is 15. The average molecular weight is 1220 g/mol. The van der Waals surface area contributed by atoms with Gasteiger partial charge in [0.15, 0.2) is 0 Å². The molecule has 1 aliphatic rings. The number of carbonyl (C=O) groups is 10. The lowest BCUT2D eigenvalue weighted by Crippen LogP contribution is -2.61. The van der Waals surface area contributed by atoms with Crippen LogP contribution in [0, 0.1) is 35.5 Å². The number of carbonyl (C=O) groups excluding carboxylic acids is 10. The third-order valence-electron chi connectivity index (χ3n) is 13.3. The number of unbranched alkanes of at least 4 members (excludes halogenated alkanes) is 6. The van der Waals surface area contributed by atoms with E-state index in [-0.39, 0.29) is 55.8 Å². The normalized spacial score (nSPS) is 22.9. The lowest BCUT2D eigenvalue weighted by molar-refractivity contribution is -0.155. The maximum atomic E-state index is 14.4. The van der Waals surface area contributed by atoms with Gasteiger partial charge in [-0.25, -0.2) is 4.79 Å². The molecule has 0 bridgehead atoms. The molecular formula is C55H99N9O17S2. The molecule has 1 saturated heterocycles. The van der Waals surface area contributed by atoms with Crippen LogP contribution in [0.15, 0.2) is 0 Å². The van der Waals surface area contributed by atoms with Gasteiger partial charge in [-0.15, -0.1) is 0 Å². The molecule has 0 aromatic rings. The van der Waals surface area contributed by atoms with E-state index in [2.05, 4.69) is 51.1 Å². The molecule has 478 valence electrons. The third kappa shape index (κ3) is 34.2. The molecular weight excluding hydrogens is 1120 g/mol. The SMILES string of the molecule is CC(C)CCCCCCCCCC1CC(=O)N[C@@H](CCC(=O)NCS(=O)(=O)O)C(=O)NC(CC(C)C)C(=O)N[C@H](CC(C)C)C(=O)N[C@@H](C(C)C)C(=O)NC(CC(=O)NCS(=O)(=O)O)C(=O)N[C@H](CC(C)C)C(=O)NC(CC(C)C)C(=O)O1. The molecule has 11 N–H and O–H groups in total. The van der Waals surface area contributed by atoms with E-state index in [4.69, 9.17) is 4.74 Å². The first-order valence-electron chi connectivity index (χ1n) is 29.2. The summed E-state index contributed by atoms with van der Waals surface area (Å²) in [6.07, 6.45) is 3.73. The van der Waals surface area contributed by atoms with Gasteiger partial charge in [-0.05, 0) is 80.5 Å². The van der Waals surface area contributed by atoms with Crippen LogP contribution in [0.25, 0.3) is 0 Å². The molecule has 28 heteroatoms. The van der Waals surface area contributed by atoms with Crippen LogP contribution in [0.1, 0.15) is 192 Å². The van der Waals surface area contributed by atoms with E-state index in [1.807, 2.05) is 10.6 Å². The van der Waals surface area contributed by atoms with Crippen LogP contribution in [-0.2, 0) is 72.9 Å². The second-order valence-corrected chi connectivity index (χ2v) is 27.2. The predicted octanol–water partition coefficient (Wildman–Crippen LogP) is 2.80. The zero-order chi connectivity index (χ0) is 63.4. The van der Waals surface area contributed by atoms with Crippen molar-refractivity contribution in [2.24, 2.45) is 35.5 Å². The van der Waals surface area contributed by atoms with Gasteiger partial charge in [0.25, 0.3) is 20.2 Å². The lowest BCUT2D eigenvalue weighted by Gasteiger charge is -2.30. The van der Waals surface area contributed by atoms with E-state index in [0.29, 0.717) is 18.8 Å². The van der Waals surface area contributed by atoms with E-state index >= 15 is 0 Å². The second kappa shape index (κ2) is 37.8. The van der Waals surface area contributed by atoms with Gasteiger partial charge in [-0.1, -0.05) is 128 Å². The minimum atomic E-state index is -4.75. The molecule has 1 rings (SSSR count). The van der Waals surface area contributed by atoms with Crippen LogP contribution >= 0.6 is 0 Å². The van der Waals surface area contributed by atoms with Crippen LogP contribution in [0.2, 0.25) is 0 Å². The van der Waals surface area contributed by atoms with E-state index in [1.54, 1.807) is 69.2 Å². The van der Waals surface area contributed by atoms with Gasteiger partial charge in [0.1, 0.15) is 60.2 Å². The fourth-order valence-corrected chi connectivity index (χ4v) is 9.78. The Labute approximate surface area is 491 Å². The smallest absolute Gasteiger partial charge is 0.328 e. The number of rotatable bonds is 28. The summed E-state index contributed by atoms with van der Waals surface area (Å²) in [5.74, 6) is -13.1. The molecule has 0 aromatic carbocycles. The highest BCUT2D eigenvalue weighted by atomic mass is 32.2. The topological polar surface area (TPSA) is 397 Å². The van der Waals surface area contributed by atoms with Gasteiger partial charge in [0.05, 0.1) is 12.8 Å². The van der Waals surface area contributed by atoms with Crippen molar-refractivity contribution in [2.45, 2.75) is 241 Å². The Hall–Kier alpha value is -5.48. The Kier molecular flexibility index (Phi) is 34.4. The zero-order valence-electron chi connectivity index (χ0n) is 50.9. The molecule has 0 aliphatic carbocycles. The van der Waals surface area contributed by atoms with E-state index in [9.17, 15) is 73.9 Å². The van der Waals surface area contributed by atoms with Gasteiger partial charge >= 0.3 is 5.97 Å². The quantitative estimate of drug-likeness (QED) is 0.0305. The summed E-state index contributed by atoms with van der Waals surface area (Å²) in [5.41, 5.74) is 0. The summed E-state index contributed by atoms with van der Waals surface area (Å²) < 4.78 is 70.6. The van der Waals surface area contributed by atoms with Crippen molar-refractivity contribution in [1.29, 1.82) is 0 Å². The summed E-state index contributed by atoms with van der Waals surface area (Å²) >= 11 is 0. The molecule has 1 aliphatic heterocycles. The Morgan fingerprint density at radius 2 is 0.855 bits per heavy atom. The number of cyclic esters (lactones) is 1. The minimum Gasteiger partial charge on any atom is -0.460 e. The molecule has 0 spiro atoms. The van der Waals surface area contributed by atoms with Crippen molar-refractivity contribution >= 4 is 79.4 Å². The van der Waals surface area contributed by atoms with Crippen LogP contribution in [0.4, 0.5) is 0 Å². The van der Waals surface area contributed by atoms with Gasteiger partial charge in [-0.3, -0.25) is 52.3 Å². The first-order valence-corrected chi connectivity index (χ1v) is 32.4. The summed E-state index contributed by atoms with van der Waals surface area (Å²) in [6, 6.07) is -10.5. The monoisotopic (exact) mass is 1220 g/mol. The Bertz CT molecular complexity index is 2370. The second-order valence-electron chi connectivity index (χ2n) is 24.3. The third-order valence-corrected chi connectivity index (χ3v) is 14.3.